The molecule has 1 amide bonds. The predicted molar refractivity (Wildman–Crippen MR) is 131 cm³/mol. The van der Waals surface area contributed by atoms with E-state index in [0.717, 1.165) is 23.2 Å². The first-order chi connectivity index (χ1) is 15.5. The summed E-state index contributed by atoms with van der Waals surface area (Å²) in [6.07, 6.45) is 0.833. The van der Waals surface area contributed by atoms with Crippen molar-refractivity contribution in [3.8, 4) is 0 Å². The number of amides is 1. The van der Waals surface area contributed by atoms with E-state index in [9.17, 15) is 9.59 Å². The van der Waals surface area contributed by atoms with Crippen LogP contribution in [0.4, 0.5) is 5.13 Å². The monoisotopic (exact) mass is 443 g/mol. The van der Waals surface area contributed by atoms with Gasteiger partial charge >= 0.3 is 0 Å². The first-order valence-electron chi connectivity index (χ1n) is 10.5. The Morgan fingerprint density at radius 2 is 1.41 bits per heavy atom. The molecule has 4 aromatic rings. The van der Waals surface area contributed by atoms with Crippen molar-refractivity contribution in [3.63, 3.8) is 0 Å². The Balaban J connectivity index is 1.59. The molecular formula is C26H25N3O2S. The van der Waals surface area contributed by atoms with Crippen molar-refractivity contribution in [2.75, 3.05) is 32.1 Å². The van der Waals surface area contributed by atoms with E-state index in [4.69, 9.17) is 4.98 Å². The molecule has 0 fully saturated rings. The number of carbonyl (C=O) groups excluding carboxylic acids is 2. The second-order valence-electron chi connectivity index (χ2n) is 7.85. The van der Waals surface area contributed by atoms with Gasteiger partial charge in [0, 0.05) is 23.2 Å². The maximum absolute atomic E-state index is 13.4. The molecule has 0 unspecified atom stereocenters. The van der Waals surface area contributed by atoms with Crippen molar-refractivity contribution in [2.24, 2.45) is 0 Å². The van der Waals surface area contributed by atoms with Crippen molar-refractivity contribution < 1.29 is 9.59 Å². The third-order valence-electron chi connectivity index (χ3n) is 5.18. The number of benzene rings is 3. The van der Waals surface area contributed by atoms with Crippen LogP contribution in [0.5, 0.6) is 0 Å². The van der Waals surface area contributed by atoms with Crippen LogP contribution in [0, 0.1) is 0 Å². The van der Waals surface area contributed by atoms with Crippen LogP contribution in [0.25, 0.3) is 10.2 Å². The van der Waals surface area contributed by atoms with Gasteiger partial charge < -0.3 is 4.90 Å². The van der Waals surface area contributed by atoms with Gasteiger partial charge in [0.15, 0.2) is 10.9 Å². The standard InChI is InChI=1S/C26H25N3O2S/c1-28(2)17-8-18-29(26-27-22-11-6-7-12-23(22)32-26)25(31)21-15-13-20(14-16-21)24(30)19-9-4-3-5-10-19/h3-7,9-16H,8,17-18H2,1-2H3. The molecule has 0 radical (unpaired) electrons. The van der Waals surface area contributed by atoms with Crippen LogP contribution in [0.3, 0.4) is 0 Å². The average molecular weight is 444 g/mol. The molecule has 0 aliphatic rings. The molecule has 0 atom stereocenters. The van der Waals surface area contributed by atoms with Crippen LogP contribution >= 0.6 is 11.3 Å². The summed E-state index contributed by atoms with van der Waals surface area (Å²) in [6.45, 7) is 1.45. The van der Waals surface area contributed by atoms with Gasteiger partial charge in [-0.15, -0.1) is 0 Å². The van der Waals surface area contributed by atoms with E-state index in [1.165, 1.54) is 11.3 Å². The Morgan fingerprint density at radius 1 is 0.781 bits per heavy atom. The maximum Gasteiger partial charge on any atom is 0.260 e. The van der Waals surface area contributed by atoms with Crippen LogP contribution in [0.15, 0.2) is 78.9 Å². The highest BCUT2D eigenvalue weighted by atomic mass is 32.1. The Hall–Kier alpha value is -3.35. The summed E-state index contributed by atoms with van der Waals surface area (Å²) in [5.41, 5.74) is 2.62. The van der Waals surface area contributed by atoms with Gasteiger partial charge in [-0.3, -0.25) is 14.5 Å². The Kier molecular flexibility index (Phi) is 6.73. The molecule has 0 aliphatic carbocycles. The van der Waals surface area contributed by atoms with Gasteiger partial charge in [-0.05, 0) is 51.3 Å². The van der Waals surface area contributed by atoms with Gasteiger partial charge in [-0.2, -0.15) is 0 Å². The molecule has 162 valence electrons. The number of thiazole rings is 1. The molecular weight excluding hydrogens is 418 g/mol. The lowest BCUT2D eigenvalue weighted by molar-refractivity contribution is 0.0983. The number of carbonyl (C=O) groups is 2. The van der Waals surface area contributed by atoms with Crippen molar-refractivity contribution >= 4 is 38.4 Å². The SMILES string of the molecule is CN(C)CCCN(C(=O)c1ccc(C(=O)c2ccccc2)cc1)c1nc2ccccc2s1. The number of fused-ring (bicyclic) bond motifs is 1. The van der Waals surface area contributed by atoms with Crippen molar-refractivity contribution in [1.82, 2.24) is 9.88 Å². The maximum atomic E-state index is 13.4. The molecule has 0 spiro atoms. The van der Waals surface area contributed by atoms with E-state index in [2.05, 4.69) is 4.90 Å². The van der Waals surface area contributed by atoms with Crippen LogP contribution in [-0.4, -0.2) is 48.8 Å². The van der Waals surface area contributed by atoms with Gasteiger partial charge in [0.2, 0.25) is 0 Å². The lowest BCUT2D eigenvalue weighted by Crippen LogP contribution is -2.33. The molecule has 4 rings (SSSR count). The predicted octanol–water partition coefficient (Wildman–Crippen LogP) is 5.13. The van der Waals surface area contributed by atoms with Gasteiger partial charge in [-0.25, -0.2) is 4.98 Å². The number of ketones is 1. The van der Waals surface area contributed by atoms with Crippen LogP contribution < -0.4 is 4.90 Å². The fourth-order valence-corrected chi connectivity index (χ4v) is 4.47. The summed E-state index contributed by atoms with van der Waals surface area (Å²) in [4.78, 5) is 34.7. The minimum absolute atomic E-state index is 0.0568. The number of hydrogen-bond donors (Lipinski definition) is 0. The molecule has 5 nitrogen and oxygen atoms in total. The number of hydrogen-bond acceptors (Lipinski definition) is 5. The second kappa shape index (κ2) is 9.85. The number of anilines is 1. The largest absolute Gasteiger partial charge is 0.309 e. The van der Waals surface area contributed by atoms with E-state index in [-0.39, 0.29) is 11.7 Å². The quantitative estimate of drug-likeness (QED) is 0.355. The van der Waals surface area contributed by atoms with Crippen molar-refractivity contribution in [2.45, 2.75) is 6.42 Å². The fourth-order valence-electron chi connectivity index (χ4n) is 3.48. The number of para-hydroxylation sites is 1. The van der Waals surface area contributed by atoms with Gasteiger partial charge in [0.25, 0.3) is 5.91 Å². The zero-order valence-electron chi connectivity index (χ0n) is 18.2. The average Bonchev–Trinajstić information content (AvgIpc) is 3.25. The fraction of sp³-hybridized carbons (Fsp3) is 0.192. The summed E-state index contributed by atoms with van der Waals surface area (Å²) < 4.78 is 1.05. The van der Waals surface area contributed by atoms with Gasteiger partial charge in [0.05, 0.1) is 10.2 Å². The first kappa shape index (κ1) is 21.9. The van der Waals surface area contributed by atoms with Gasteiger partial charge in [-0.1, -0.05) is 65.9 Å². The Labute approximate surface area is 191 Å². The zero-order valence-corrected chi connectivity index (χ0v) is 19.0. The summed E-state index contributed by atoms with van der Waals surface area (Å²) >= 11 is 1.52. The first-order valence-corrected chi connectivity index (χ1v) is 11.4. The summed E-state index contributed by atoms with van der Waals surface area (Å²) in [5.74, 6) is -0.167. The number of aromatic nitrogens is 1. The molecule has 3 aromatic carbocycles. The minimum Gasteiger partial charge on any atom is -0.309 e. The number of rotatable bonds is 8. The second-order valence-corrected chi connectivity index (χ2v) is 8.86. The van der Waals surface area contributed by atoms with E-state index in [1.54, 1.807) is 41.3 Å². The minimum atomic E-state index is -0.110. The third-order valence-corrected chi connectivity index (χ3v) is 6.24. The topological polar surface area (TPSA) is 53.5 Å². The smallest absolute Gasteiger partial charge is 0.260 e. The zero-order chi connectivity index (χ0) is 22.5. The molecule has 0 N–H and O–H groups in total. The van der Waals surface area contributed by atoms with Crippen molar-refractivity contribution in [3.05, 3.63) is 95.6 Å². The summed E-state index contributed by atoms with van der Waals surface area (Å²) in [5, 5.41) is 0.694. The van der Waals surface area contributed by atoms with E-state index in [0.29, 0.717) is 28.4 Å². The Morgan fingerprint density at radius 3 is 2.09 bits per heavy atom. The molecule has 0 bridgehead atoms. The molecule has 0 saturated carbocycles. The third kappa shape index (κ3) is 4.93. The van der Waals surface area contributed by atoms with E-state index in [1.807, 2.05) is 56.6 Å². The van der Waals surface area contributed by atoms with E-state index < -0.39 is 0 Å². The van der Waals surface area contributed by atoms with Crippen LogP contribution in [0.2, 0.25) is 0 Å². The molecule has 6 heteroatoms. The Bertz CT molecular complexity index is 1180. The van der Waals surface area contributed by atoms with Crippen LogP contribution in [-0.2, 0) is 0 Å². The van der Waals surface area contributed by atoms with Crippen molar-refractivity contribution in [1.29, 1.82) is 0 Å². The van der Waals surface area contributed by atoms with Crippen LogP contribution in [0.1, 0.15) is 32.7 Å². The number of nitrogens with zero attached hydrogens (tertiary/aromatic N) is 3. The molecule has 1 heterocycles. The molecule has 1 aromatic heterocycles. The van der Waals surface area contributed by atoms with E-state index >= 15 is 0 Å². The molecule has 0 saturated heterocycles. The normalized spacial score (nSPS) is 11.1. The molecule has 0 aliphatic heterocycles. The lowest BCUT2D eigenvalue weighted by Gasteiger charge is -2.21. The molecule has 32 heavy (non-hydrogen) atoms. The summed E-state index contributed by atoms with van der Waals surface area (Å²) in [7, 11) is 4.04. The highest BCUT2D eigenvalue weighted by molar-refractivity contribution is 7.22. The summed E-state index contributed by atoms with van der Waals surface area (Å²) in [6, 6.07) is 24.0. The highest BCUT2D eigenvalue weighted by Crippen LogP contribution is 2.30. The highest BCUT2D eigenvalue weighted by Gasteiger charge is 2.21. The lowest BCUT2D eigenvalue weighted by atomic mass is 10.0. The van der Waals surface area contributed by atoms with Gasteiger partial charge in [0.1, 0.15) is 0 Å².